The van der Waals surface area contributed by atoms with E-state index in [1.54, 1.807) is 16.4 Å². The number of rotatable bonds is 2. The second kappa shape index (κ2) is 6.10. The molecule has 0 radical (unpaired) electrons. The number of piperidine rings is 1. The fourth-order valence-electron chi connectivity index (χ4n) is 4.33. The minimum Gasteiger partial charge on any atom is -0.306 e. The van der Waals surface area contributed by atoms with E-state index in [-0.39, 0.29) is 12.0 Å². The SMILES string of the molecule is Cc1ccc2c(c1)C1CN(C)CCC1N2S(=O)(=O)c1ccc(C)c(C)c1. The highest BCUT2D eigenvalue weighted by molar-refractivity contribution is 7.92. The Balaban J connectivity index is 1.86. The van der Waals surface area contributed by atoms with E-state index in [9.17, 15) is 8.42 Å². The number of sulfonamides is 1. The van der Waals surface area contributed by atoms with Crippen LogP contribution in [0.15, 0.2) is 41.3 Å². The average molecular weight is 371 g/mol. The van der Waals surface area contributed by atoms with Gasteiger partial charge in [-0.1, -0.05) is 23.8 Å². The van der Waals surface area contributed by atoms with E-state index >= 15 is 0 Å². The molecule has 0 spiro atoms. The molecule has 2 aliphatic rings. The van der Waals surface area contributed by atoms with Crippen molar-refractivity contribution < 1.29 is 8.42 Å². The maximum Gasteiger partial charge on any atom is 0.264 e. The van der Waals surface area contributed by atoms with Crippen molar-refractivity contribution in [3.8, 4) is 0 Å². The molecule has 2 aromatic carbocycles. The van der Waals surface area contributed by atoms with Crippen molar-refractivity contribution in [2.75, 3.05) is 24.4 Å². The second-order valence-corrected chi connectivity index (χ2v) is 9.65. The molecular formula is C21H26N2O2S. The molecule has 2 atom stereocenters. The lowest BCUT2D eigenvalue weighted by atomic mass is 9.89. The van der Waals surface area contributed by atoms with Gasteiger partial charge in [-0.05, 0) is 75.7 Å². The maximum atomic E-state index is 13.6. The van der Waals surface area contributed by atoms with Crippen LogP contribution in [-0.4, -0.2) is 39.5 Å². The molecule has 1 saturated heterocycles. The summed E-state index contributed by atoms with van der Waals surface area (Å²) in [4.78, 5) is 2.70. The van der Waals surface area contributed by atoms with Crippen LogP contribution in [0.2, 0.25) is 0 Å². The molecule has 0 aromatic heterocycles. The summed E-state index contributed by atoms with van der Waals surface area (Å²) in [6.45, 7) is 7.87. The van der Waals surface area contributed by atoms with Crippen LogP contribution in [0.5, 0.6) is 0 Å². The summed E-state index contributed by atoms with van der Waals surface area (Å²) in [5.74, 6) is 0.241. The van der Waals surface area contributed by atoms with Crippen molar-refractivity contribution in [1.82, 2.24) is 4.90 Å². The van der Waals surface area contributed by atoms with Gasteiger partial charge >= 0.3 is 0 Å². The molecule has 0 amide bonds. The van der Waals surface area contributed by atoms with Crippen LogP contribution in [0.1, 0.15) is 34.6 Å². The molecule has 2 unspecified atom stereocenters. The van der Waals surface area contributed by atoms with Gasteiger partial charge in [0, 0.05) is 12.5 Å². The molecule has 5 heteroatoms. The van der Waals surface area contributed by atoms with Gasteiger partial charge in [0.25, 0.3) is 10.0 Å². The fourth-order valence-corrected chi connectivity index (χ4v) is 6.16. The van der Waals surface area contributed by atoms with Crippen molar-refractivity contribution >= 4 is 15.7 Å². The summed E-state index contributed by atoms with van der Waals surface area (Å²) in [7, 11) is -1.46. The van der Waals surface area contributed by atoms with Crippen molar-refractivity contribution in [3.05, 3.63) is 58.7 Å². The molecule has 1 fully saturated rings. The summed E-state index contributed by atoms with van der Waals surface area (Å²) in [6.07, 6.45) is 0.860. The Kier molecular flexibility index (Phi) is 4.12. The molecule has 4 rings (SSSR count). The maximum absolute atomic E-state index is 13.6. The van der Waals surface area contributed by atoms with Crippen molar-refractivity contribution in [3.63, 3.8) is 0 Å². The molecule has 2 aliphatic heterocycles. The molecule has 0 saturated carbocycles. The number of fused-ring (bicyclic) bond motifs is 3. The normalized spacial score (nSPS) is 23.0. The van der Waals surface area contributed by atoms with Crippen molar-refractivity contribution in [2.24, 2.45) is 0 Å². The topological polar surface area (TPSA) is 40.6 Å². The van der Waals surface area contributed by atoms with Gasteiger partial charge < -0.3 is 4.90 Å². The molecule has 138 valence electrons. The van der Waals surface area contributed by atoms with Gasteiger partial charge in [-0.2, -0.15) is 0 Å². The van der Waals surface area contributed by atoms with Crippen LogP contribution in [-0.2, 0) is 10.0 Å². The zero-order valence-corrected chi connectivity index (χ0v) is 16.7. The van der Waals surface area contributed by atoms with E-state index in [0.29, 0.717) is 4.90 Å². The second-order valence-electron chi connectivity index (χ2n) is 7.83. The lowest BCUT2D eigenvalue weighted by Gasteiger charge is -2.36. The summed E-state index contributed by atoms with van der Waals surface area (Å²) >= 11 is 0. The quantitative estimate of drug-likeness (QED) is 0.811. The summed E-state index contributed by atoms with van der Waals surface area (Å²) in [5.41, 5.74) is 5.34. The molecule has 26 heavy (non-hydrogen) atoms. The van der Waals surface area contributed by atoms with Gasteiger partial charge in [-0.15, -0.1) is 0 Å². The van der Waals surface area contributed by atoms with E-state index in [1.165, 1.54) is 11.1 Å². The van der Waals surface area contributed by atoms with Crippen LogP contribution >= 0.6 is 0 Å². The molecule has 2 aromatic rings. The zero-order chi connectivity index (χ0) is 18.6. The zero-order valence-electron chi connectivity index (χ0n) is 15.9. The monoisotopic (exact) mass is 370 g/mol. The first-order valence-corrected chi connectivity index (χ1v) is 10.6. The Morgan fingerprint density at radius 1 is 1.00 bits per heavy atom. The molecule has 0 bridgehead atoms. The van der Waals surface area contributed by atoms with Gasteiger partial charge in [-0.25, -0.2) is 8.42 Å². The Labute approximate surface area is 156 Å². The third-order valence-electron chi connectivity index (χ3n) is 5.94. The largest absolute Gasteiger partial charge is 0.306 e. The standard InChI is InChI=1S/C21H26N2O2S/c1-14-5-8-20-18(11-14)19-13-22(4)10-9-21(19)23(20)26(24,25)17-7-6-15(2)16(3)12-17/h5-8,11-12,19,21H,9-10,13H2,1-4H3. The van der Waals surface area contributed by atoms with Crippen molar-refractivity contribution in [2.45, 2.75) is 44.0 Å². The summed E-state index contributed by atoms with van der Waals surface area (Å²) in [6, 6.07) is 11.6. The molecular weight excluding hydrogens is 344 g/mol. The van der Waals surface area contributed by atoms with E-state index in [0.717, 1.165) is 36.3 Å². The van der Waals surface area contributed by atoms with E-state index in [4.69, 9.17) is 0 Å². The number of likely N-dealkylation sites (tertiary alicyclic amines) is 1. The molecule has 0 N–H and O–H groups in total. The fraction of sp³-hybridized carbons (Fsp3) is 0.429. The molecule has 4 nitrogen and oxygen atoms in total. The third-order valence-corrected chi connectivity index (χ3v) is 7.77. The number of benzene rings is 2. The third kappa shape index (κ3) is 2.65. The first kappa shape index (κ1) is 17.6. The lowest BCUT2D eigenvalue weighted by molar-refractivity contribution is 0.237. The van der Waals surface area contributed by atoms with Gasteiger partial charge in [0.2, 0.25) is 0 Å². The van der Waals surface area contributed by atoms with Crippen molar-refractivity contribution in [1.29, 1.82) is 0 Å². The number of anilines is 1. The molecule has 0 aliphatic carbocycles. The van der Waals surface area contributed by atoms with E-state index in [1.807, 2.05) is 32.0 Å². The number of nitrogens with zero attached hydrogens (tertiary/aromatic N) is 2. The number of hydrogen-bond acceptors (Lipinski definition) is 3. The predicted molar refractivity (Wildman–Crippen MR) is 105 cm³/mol. The van der Waals surface area contributed by atoms with Gasteiger partial charge in [0.1, 0.15) is 0 Å². The first-order chi connectivity index (χ1) is 12.3. The number of likely N-dealkylation sites (N-methyl/N-ethyl adjacent to an activating group) is 1. The Morgan fingerprint density at radius 2 is 1.77 bits per heavy atom. The van der Waals surface area contributed by atoms with Crippen LogP contribution < -0.4 is 4.31 Å². The van der Waals surface area contributed by atoms with Crippen LogP contribution in [0.4, 0.5) is 5.69 Å². The van der Waals surface area contributed by atoms with Crippen LogP contribution in [0.25, 0.3) is 0 Å². The number of aryl methyl sites for hydroxylation is 3. The summed E-state index contributed by atoms with van der Waals surface area (Å²) < 4.78 is 28.9. The Bertz CT molecular complexity index is 968. The predicted octanol–water partition coefficient (Wildman–Crippen LogP) is 3.61. The first-order valence-electron chi connectivity index (χ1n) is 9.20. The highest BCUT2D eigenvalue weighted by Gasteiger charge is 2.46. The highest BCUT2D eigenvalue weighted by atomic mass is 32.2. The van der Waals surface area contributed by atoms with Gasteiger partial charge in [-0.3, -0.25) is 4.31 Å². The van der Waals surface area contributed by atoms with Gasteiger partial charge in [0.15, 0.2) is 0 Å². The van der Waals surface area contributed by atoms with Gasteiger partial charge in [0.05, 0.1) is 16.6 Å². The average Bonchev–Trinajstić information content (AvgIpc) is 2.91. The van der Waals surface area contributed by atoms with E-state index < -0.39 is 10.0 Å². The molecule has 2 heterocycles. The van der Waals surface area contributed by atoms with Crippen LogP contribution in [0, 0.1) is 20.8 Å². The summed E-state index contributed by atoms with van der Waals surface area (Å²) in [5, 5.41) is 0. The minimum absolute atomic E-state index is 0.00890. The van der Waals surface area contributed by atoms with E-state index in [2.05, 4.69) is 24.9 Å². The van der Waals surface area contributed by atoms with Crippen LogP contribution in [0.3, 0.4) is 0 Å². The Morgan fingerprint density at radius 3 is 2.50 bits per heavy atom. The smallest absolute Gasteiger partial charge is 0.264 e. The highest BCUT2D eigenvalue weighted by Crippen LogP contribution is 2.47. The lowest BCUT2D eigenvalue weighted by Crippen LogP contribution is -2.47. The Hall–Kier alpha value is -1.85. The number of hydrogen-bond donors (Lipinski definition) is 0. The minimum atomic E-state index is -3.58.